The van der Waals surface area contributed by atoms with Gasteiger partial charge >= 0.3 is 0 Å². The first kappa shape index (κ1) is 16.8. The monoisotopic (exact) mass is 288 g/mol. The number of piperidine rings is 1. The lowest BCUT2D eigenvalue weighted by molar-refractivity contribution is -0.123. The number of hydrogen-bond acceptors (Lipinski definition) is 2. The van der Waals surface area contributed by atoms with Crippen molar-refractivity contribution < 1.29 is 4.79 Å². The molecule has 0 spiro atoms. The number of nitrogens with one attached hydrogen (secondary N) is 2. The van der Waals surface area contributed by atoms with E-state index in [1.165, 1.54) is 19.3 Å². The molecule has 0 aromatic heterocycles. The Morgan fingerprint density at radius 3 is 2.26 bits per heavy atom. The van der Waals surface area contributed by atoms with Gasteiger partial charge in [0.25, 0.3) is 0 Å². The van der Waals surface area contributed by atoms with Gasteiger partial charge in [0.1, 0.15) is 0 Å². The van der Waals surface area contributed by atoms with Crippen LogP contribution in [0.2, 0.25) is 0 Å². The van der Waals surface area contributed by atoms with Crippen molar-refractivity contribution in [1.82, 2.24) is 10.6 Å². The number of hydrogen-bond donors (Lipinski definition) is 2. The molecular formula is C15H29ClN2O. The molecule has 1 saturated heterocycles. The molecule has 2 rings (SSSR count). The van der Waals surface area contributed by atoms with Crippen molar-refractivity contribution in [2.45, 2.75) is 58.4 Å². The molecule has 19 heavy (non-hydrogen) atoms. The summed E-state index contributed by atoms with van der Waals surface area (Å²) in [6, 6.07) is 0.429. The number of halogens is 1. The van der Waals surface area contributed by atoms with Crippen molar-refractivity contribution in [1.29, 1.82) is 0 Å². The van der Waals surface area contributed by atoms with Gasteiger partial charge in [0.2, 0.25) is 5.91 Å². The standard InChI is InChI=1S/C15H28N2O.ClH/c1-11-7-12(2)9-14(8-11)17-15(18)10-13-3-5-16-6-4-13;/h11-14,16H,3-10H2,1-2H3,(H,17,18);1H. The van der Waals surface area contributed by atoms with Crippen LogP contribution in [0.15, 0.2) is 0 Å². The number of carbonyl (C=O) groups excluding carboxylic acids is 1. The zero-order chi connectivity index (χ0) is 13.0. The Hall–Kier alpha value is -0.280. The molecule has 3 nitrogen and oxygen atoms in total. The van der Waals surface area contributed by atoms with Crippen LogP contribution in [0.3, 0.4) is 0 Å². The second-order valence-corrected chi connectivity index (χ2v) is 6.58. The average Bonchev–Trinajstić information content (AvgIpc) is 2.28. The summed E-state index contributed by atoms with van der Waals surface area (Å²) in [5.41, 5.74) is 0. The van der Waals surface area contributed by atoms with Crippen LogP contribution in [0, 0.1) is 17.8 Å². The minimum Gasteiger partial charge on any atom is -0.353 e. The fraction of sp³-hybridized carbons (Fsp3) is 0.933. The van der Waals surface area contributed by atoms with Gasteiger partial charge in [0.05, 0.1) is 0 Å². The predicted octanol–water partition coefficient (Wildman–Crippen LogP) is 2.74. The molecule has 2 N–H and O–H groups in total. The summed E-state index contributed by atoms with van der Waals surface area (Å²) in [6.07, 6.45) is 6.71. The van der Waals surface area contributed by atoms with E-state index in [1.54, 1.807) is 0 Å². The first-order valence-corrected chi connectivity index (χ1v) is 7.63. The smallest absolute Gasteiger partial charge is 0.220 e. The maximum Gasteiger partial charge on any atom is 0.220 e. The summed E-state index contributed by atoms with van der Waals surface area (Å²) < 4.78 is 0. The molecule has 2 aliphatic rings. The van der Waals surface area contributed by atoms with Gasteiger partial charge in [-0.05, 0) is 62.9 Å². The molecule has 2 atom stereocenters. The lowest BCUT2D eigenvalue weighted by Crippen LogP contribution is -2.41. The lowest BCUT2D eigenvalue weighted by Gasteiger charge is -2.32. The Balaban J connectivity index is 0.00000180. The predicted molar refractivity (Wildman–Crippen MR) is 81.6 cm³/mol. The molecule has 1 heterocycles. The molecule has 112 valence electrons. The molecule has 2 fully saturated rings. The molecule has 1 saturated carbocycles. The van der Waals surface area contributed by atoms with E-state index >= 15 is 0 Å². The van der Waals surface area contributed by atoms with E-state index in [-0.39, 0.29) is 18.3 Å². The Morgan fingerprint density at radius 2 is 1.68 bits per heavy atom. The zero-order valence-electron chi connectivity index (χ0n) is 12.3. The minimum absolute atomic E-state index is 0. The molecule has 0 aromatic carbocycles. The van der Waals surface area contributed by atoms with Crippen LogP contribution in [-0.4, -0.2) is 25.0 Å². The molecule has 0 bridgehead atoms. The van der Waals surface area contributed by atoms with E-state index < -0.39 is 0 Å². The van der Waals surface area contributed by atoms with E-state index in [0.717, 1.165) is 44.2 Å². The highest BCUT2D eigenvalue weighted by atomic mass is 35.5. The quantitative estimate of drug-likeness (QED) is 0.838. The third kappa shape index (κ3) is 5.70. The maximum atomic E-state index is 12.1. The third-order valence-corrected chi connectivity index (χ3v) is 4.48. The van der Waals surface area contributed by atoms with Crippen LogP contribution < -0.4 is 10.6 Å². The van der Waals surface area contributed by atoms with Gasteiger partial charge < -0.3 is 10.6 Å². The van der Waals surface area contributed by atoms with Crippen LogP contribution in [0.1, 0.15) is 52.4 Å². The van der Waals surface area contributed by atoms with Crippen molar-refractivity contribution in [3.8, 4) is 0 Å². The molecule has 2 unspecified atom stereocenters. The minimum atomic E-state index is 0. The summed E-state index contributed by atoms with van der Waals surface area (Å²) in [7, 11) is 0. The van der Waals surface area contributed by atoms with Gasteiger partial charge in [-0.2, -0.15) is 0 Å². The molecular weight excluding hydrogens is 260 g/mol. The summed E-state index contributed by atoms with van der Waals surface area (Å²) in [6.45, 7) is 6.77. The van der Waals surface area contributed by atoms with Crippen LogP contribution in [0.4, 0.5) is 0 Å². The van der Waals surface area contributed by atoms with Gasteiger partial charge in [0, 0.05) is 12.5 Å². The van der Waals surface area contributed by atoms with E-state index in [2.05, 4.69) is 24.5 Å². The van der Waals surface area contributed by atoms with Crippen molar-refractivity contribution in [2.75, 3.05) is 13.1 Å². The average molecular weight is 289 g/mol. The molecule has 0 radical (unpaired) electrons. The molecule has 1 aliphatic heterocycles. The Labute approximate surface area is 123 Å². The van der Waals surface area contributed by atoms with Gasteiger partial charge in [-0.1, -0.05) is 13.8 Å². The van der Waals surface area contributed by atoms with Crippen LogP contribution in [0.5, 0.6) is 0 Å². The number of carbonyl (C=O) groups is 1. The third-order valence-electron chi connectivity index (χ3n) is 4.48. The molecule has 0 aromatic rings. The highest BCUT2D eigenvalue weighted by molar-refractivity contribution is 5.85. The summed E-state index contributed by atoms with van der Waals surface area (Å²) >= 11 is 0. The largest absolute Gasteiger partial charge is 0.353 e. The summed E-state index contributed by atoms with van der Waals surface area (Å²) in [5, 5.41) is 6.62. The first-order valence-electron chi connectivity index (χ1n) is 7.63. The van der Waals surface area contributed by atoms with Crippen molar-refractivity contribution in [3.63, 3.8) is 0 Å². The Bertz CT molecular complexity index is 269. The van der Waals surface area contributed by atoms with Crippen molar-refractivity contribution >= 4 is 18.3 Å². The van der Waals surface area contributed by atoms with Gasteiger partial charge in [-0.15, -0.1) is 12.4 Å². The van der Waals surface area contributed by atoms with Crippen LogP contribution in [0.25, 0.3) is 0 Å². The summed E-state index contributed by atoms with van der Waals surface area (Å²) in [4.78, 5) is 12.1. The van der Waals surface area contributed by atoms with Gasteiger partial charge in [0.15, 0.2) is 0 Å². The Kier molecular flexibility index (Phi) is 7.16. The Morgan fingerprint density at radius 1 is 1.11 bits per heavy atom. The number of rotatable bonds is 3. The fourth-order valence-electron chi connectivity index (χ4n) is 3.70. The van der Waals surface area contributed by atoms with E-state index in [9.17, 15) is 4.79 Å². The molecule has 1 amide bonds. The van der Waals surface area contributed by atoms with Crippen molar-refractivity contribution in [2.24, 2.45) is 17.8 Å². The fourth-order valence-corrected chi connectivity index (χ4v) is 3.70. The zero-order valence-corrected chi connectivity index (χ0v) is 13.1. The van der Waals surface area contributed by atoms with Gasteiger partial charge in [-0.3, -0.25) is 4.79 Å². The molecule has 4 heteroatoms. The summed E-state index contributed by atoms with van der Waals surface area (Å²) in [5.74, 6) is 2.41. The lowest BCUT2D eigenvalue weighted by atomic mass is 9.80. The maximum absolute atomic E-state index is 12.1. The van der Waals surface area contributed by atoms with Crippen molar-refractivity contribution in [3.05, 3.63) is 0 Å². The van der Waals surface area contributed by atoms with Crippen LogP contribution in [-0.2, 0) is 4.79 Å². The highest BCUT2D eigenvalue weighted by Gasteiger charge is 2.26. The van der Waals surface area contributed by atoms with Crippen LogP contribution >= 0.6 is 12.4 Å². The van der Waals surface area contributed by atoms with E-state index in [4.69, 9.17) is 0 Å². The van der Waals surface area contributed by atoms with Gasteiger partial charge in [-0.25, -0.2) is 0 Å². The second kappa shape index (κ2) is 8.11. The second-order valence-electron chi connectivity index (χ2n) is 6.58. The highest BCUT2D eigenvalue weighted by Crippen LogP contribution is 2.28. The first-order chi connectivity index (χ1) is 8.63. The number of amides is 1. The van der Waals surface area contributed by atoms with E-state index in [0.29, 0.717) is 12.0 Å². The topological polar surface area (TPSA) is 41.1 Å². The van der Waals surface area contributed by atoms with E-state index in [1.807, 2.05) is 0 Å². The molecule has 1 aliphatic carbocycles. The SMILES string of the molecule is CC1CC(C)CC(NC(=O)CC2CCNCC2)C1.Cl. The normalized spacial score (nSPS) is 32.4.